The van der Waals surface area contributed by atoms with Crippen molar-refractivity contribution in [3.05, 3.63) is 24.3 Å². The van der Waals surface area contributed by atoms with Crippen molar-refractivity contribution in [3.8, 4) is 5.75 Å². The molecule has 0 unspecified atom stereocenters. The van der Waals surface area contributed by atoms with Crippen LogP contribution in [-0.4, -0.2) is 81.0 Å². The molecule has 0 aliphatic carbocycles. The Balaban J connectivity index is 1.53. The molecule has 8 heteroatoms. The van der Waals surface area contributed by atoms with Gasteiger partial charge in [0.15, 0.2) is 9.84 Å². The number of piperazine rings is 1. The van der Waals surface area contributed by atoms with Gasteiger partial charge in [-0.15, -0.1) is 0 Å². The van der Waals surface area contributed by atoms with Crippen LogP contribution in [0.4, 0.5) is 5.69 Å². The Hall–Kier alpha value is -1.64. The normalized spacial score (nSPS) is 24.9. The van der Waals surface area contributed by atoms with Crippen LogP contribution in [0.2, 0.25) is 0 Å². The van der Waals surface area contributed by atoms with Crippen LogP contribution < -0.4 is 10.1 Å². The summed E-state index contributed by atoms with van der Waals surface area (Å²) in [7, 11) is -1.28. The zero-order chi connectivity index (χ0) is 18.7. The number of anilines is 1. The van der Waals surface area contributed by atoms with E-state index in [9.17, 15) is 13.2 Å². The molecular formula is C18H27N3O4S. The summed E-state index contributed by atoms with van der Waals surface area (Å²) >= 11 is 0. The van der Waals surface area contributed by atoms with Crippen molar-refractivity contribution >= 4 is 21.4 Å². The van der Waals surface area contributed by atoms with Gasteiger partial charge < -0.3 is 10.1 Å². The maximum atomic E-state index is 12.6. The van der Waals surface area contributed by atoms with E-state index in [1.54, 1.807) is 7.11 Å². The molecule has 144 valence electrons. The van der Waals surface area contributed by atoms with Crippen molar-refractivity contribution in [2.45, 2.75) is 25.4 Å². The molecule has 0 radical (unpaired) electrons. The molecule has 7 nitrogen and oxygen atoms in total. The van der Waals surface area contributed by atoms with Crippen molar-refractivity contribution in [3.63, 3.8) is 0 Å². The molecule has 1 aromatic carbocycles. The number of carbonyl (C=O) groups is 1. The Labute approximate surface area is 155 Å². The molecular weight excluding hydrogens is 354 g/mol. The van der Waals surface area contributed by atoms with E-state index in [0.29, 0.717) is 17.2 Å². The summed E-state index contributed by atoms with van der Waals surface area (Å²) in [5.74, 6) is 1.15. The highest BCUT2D eigenvalue weighted by Crippen LogP contribution is 2.24. The molecule has 26 heavy (non-hydrogen) atoms. The summed E-state index contributed by atoms with van der Waals surface area (Å²) < 4.78 is 28.6. The fraction of sp³-hybridized carbons (Fsp3) is 0.611. The SMILES string of the molecule is COc1ccccc1NC(=O)[C@@H](C)N1CCN([C@@H]2CCS(=O)(=O)C2)CC1. The van der Waals surface area contributed by atoms with Gasteiger partial charge in [-0.05, 0) is 25.5 Å². The number of nitrogens with one attached hydrogen (secondary N) is 1. The summed E-state index contributed by atoms with van der Waals surface area (Å²) in [6.07, 6.45) is 0.728. The standard InChI is InChI=1S/C18H27N3O4S/c1-14(18(22)19-16-5-3-4-6-17(16)25-2)20-8-10-21(11-9-20)15-7-12-26(23,24)13-15/h3-6,14-15H,7-13H2,1-2H3,(H,19,22)/t14-,15-/m1/s1. The van der Waals surface area contributed by atoms with Gasteiger partial charge in [-0.1, -0.05) is 12.1 Å². The highest BCUT2D eigenvalue weighted by atomic mass is 32.2. The van der Waals surface area contributed by atoms with Crippen LogP contribution in [0.1, 0.15) is 13.3 Å². The second-order valence-electron chi connectivity index (χ2n) is 6.99. The lowest BCUT2D eigenvalue weighted by molar-refractivity contribution is -0.121. The Morgan fingerprint density at radius 3 is 2.54 bits per heavy atom. The molecule has 1 amide bonds. The number of rotatable bonds is 5. The van der Waals surface area contributed by atoms with Gasteiger partial charge in [0.25, 0.3) is 0 Å². The van der Waals surface area contributed by atoms with Gasteiger partial charge >= 0.3 is 0 Å². The van der Waals surface area contributed by atoms with Crippen LogP contribution in [0.15, 0.2) is 24.3 Å². The zero-order valence-electron chi connectivity index (χ0n) is 15.3. The van der Waals surface area contributed by atoms with Gasteiger partial charge in [0.1, 0.15) is 5.75 Å². The molecule has 1 N–H and O–H groups in total. The van der Waals surface area contributed by atoms with E-state index in [1.807, 2.05) is 31.2 Å². The van der Waals surface area contributed by atoms with Crippen molar-refractivity contribution < 1.29 is 17.9 Å². The molecule has 2 aliphatic heterocycles. The predicted molar refractivity (Wildman–Crippen MR) is 101 cm³/mol. The molecule has 2 saturated heterocycles. The maximum Gasteiger partial charge on any atom is 0.241 e. The summed E-state index contributed by atoms with van der Waals surface area (Å²) in [4.78, 5) is 17.0. The predicted octanol–water partition coefficient (Wildman–Crippen LogP) is 0.827. The van der Waals surface area contributed by atoms with Crippen LogP contribution in [0.3, 0.4) is 0 Å². The van der Waals surface area contributed by atoms with Gasteiger partial charge in [0.2, 0.25) is 5.91 Å². The summed E-state index contributed by atoms with van der Waals surface area (Å²) in [6.45, 7) is 5.02. The Bertz CT molecular complexity index is 745. The number of amides is 1. The fourth-order valence-corrected chi connectivity index (χ4v) is 5.47. The van der Waals surface area contributed by atoms with Crippen LogP contribution in [0.25, 0.3) is 0 Å². The fourth-order valence-electron chi connectivity index (χ4n) is 3.70. The number of benzene rings is 1. The van der Waals surface area contributed by atoms with Crippen LogP contribution >= 0.6 is 0 Å². The van der Waals surface area contributed by atoms with Gasteiger partial charge in [-0.2, -0.15) is 0 Å². The maximum absolute atomic E-state index is 12.6. The number of para-hydroxylation sites is 2. The van der Waals surface area contributed by atoms with Crippen molar-refractivity contribution in [1.29, 1.82) is 0 Å². The molecule has 0 saturated carbocycles. The Kier molecular flexibility index (Phi) is 5.84. The molecule has 0 spiro atoms. The highest BCUT2D eigenvalue weighted by molar-refractivity contribution is 7.91. The van der Waals surface area contributed by atoms with E-state index in [1.165, 1.54) is 0 Å². The zero-order valence-corrected chi connectivity index (χ0v) is 16.2. The summed E-state index contributed by atoms with van der Waals surface area (Å²) in [5, 5.41) is 2.94. The number of sulfone groups is 1. The van der Waals surface area contributed by atoms with Gasteiger partial charge in [-0.25, -0.2) is 8.42 Å². The molecule has 0 bridgehead atoms. The van der Waals surface area contributed by atoms with Crippen molar-refractivity contribution in [1.82, 2.24) is 9.80 Å². The number of hydrogen-bond acceptors (Lipinski definition) is 6. The van der Waals surface area contributed by atoms with Gasteiger partial charge in [0.05, 0.1) is 30.3 Å². The molecule has 2 atom stereocenters. The van der Waals surface area contributed by atoms with E-state index in [-0.39, 0.29) is 23.7 Å². The third-order valence-corrected chi connectivity index (χ3v) is 7.12. The van der Waals surface area contributed by atoms with Crippen LogP contribution in [0, 0.1) is 0 Å². The molecule has 2 aliphatic rings. The third kappa shape index (κ3) is 4.36. The molecule has 2 heterocycles. The number of carbonyl (C=O) groups excluding carboxylic acids is 1. The second kappa shape index (κ2) is 7.94. The van der Waals surface area contributed by atoms with Crippen LogP contribution in [-0.2, 0) is 14.6 Å². The van der Waals surface area contributed by atoms with Crippen molar-refractivity contribution in [2.24, 2.45) is 0 Å². The summed E-state index contributed by atoms with van der Waals surface area (Å²) in [6, 6.07) is 7.24. The number of nitrogens with zero attached hydrogens (tertiary/aromatic N) is 2. The lowest BCUT2D eigenvalue weighted by atomic mass is 10.1. The molecule has 0 aromatic heterocycles. The first-order valence-corrected chi connectivity index (χ1v) is 10.8. The number of methoxy groups -OCH3 is 1. The topological polar surface area (TPSA) is 79.0 Å². The van der Waals surface area contributed by atoms with Gasteiger partial charge in [0, 0.05) is 32.2 Å². The lowest BCUT2D eigenvalue weighted by Gasteiger charge is -2.39. The first-order chi connectivity index (χ1) is 12.4. The lowest BCUT2D eigenvalue weighted by Crippen LogP contribution is -2.55. The molecule has 1 aromatic rings. The molecule has 3 rings (SSSR count). The van der Waals surface area contributed by atoms with Crippen LogP contribution in [0.5, 0.6) is 5.75 Å². The summed E-state index contributed by atoms with van der Waals surface area (Å²) in [5.41, 5.74) is 0.668. The monoisotopic (exact) mass is 381 g/mol. The smallest absolute Gasteiger partial charge is 0.241 e. The minimum Gasteiger partial charge on any atom is -0.495 e. The molecule has 2 fully saturated rings. The Morgan fingerprint density at radius 2 is 1.92 bits per heavy atom. The average molecular weight is 381 g/mol. The quantitative estimate of drug-likeness (QED) is 0.814. The first-order valence-electron chi connectivity index (χ1n) is 9.02. The Morgan fingerprint density at radius 1 is 1.23 bits per heavy atom. The van der Waals surface area contributed by atoms with Gasteiger partial charge in [-0.3, -0.25) is 14.6 Å². The van der Waals surface area contributed by atoms with E-state index in [4.69, 9.17) is 4.74 Å². The van der Waals surface area contributed by atoms with Crippen molar-refractivity contribution in [2.75, 3.05) is 50.1 Å². The number of hydrogen-bond donors (Lipinski definition) is 1. The largest absolute Gasteiger partial charge is 0.495 e. The average Bonchev–Trinajstić information content (AvgIpc) is 3.01. The van der Waals surface area contributed by atoms with E-state index in [2.05, 4.69) is 15.1 Å². The number of ether oxygens (including phenoxy) is 1. The highest BCUT2D eigenvalue weighted by Gasteiger charge is 2.35. The van der Waals surface area contributed by atoms with E-state index < -0.39 is 9.84 Å². The van der Waals surface area contributed by atoms with E-state index in [0.717, 1.165) is 32.6 Å². The minimum absolute atomic E-state index is 0.0635. The minimum atomic E-state index is -2.86. The second-order valence-corrected chi connectivity index (χ2v) is 9.22. The first kappa shape index (κ1) is 19.1. The van der Waals surface area contributed by atoms with E-state index >= 15 is 0 Å². The third-order valence-electron chi connectivity index (χ3n) is 5.37.